The Hall–Kier alpha value is 0. The number of hydrogen-bond acceptors (Lipinski definition) is 0. The molecule has 1 saturated carbocycles. The Morgan fingerprint density at radius 1 is 1.27 bits per heavy atom. The van der Waals surface area contributed by atoms with Crippen molar-refractivity contribution in [2.24, 2.45) is 17.3 Å². The molecule has 0 heteroatoms. The van der Waals surface area contributed by atoms with Gasteiger partial charge in [-0.2, -0.15) is 0 Å². The molecule has 0 saturated heterocycles. The first kappa shape index (κ1) is 9.09. The molecule has 2 atom stereocenters. The van der Waals surface area contributed by atoms with E-state index in [4.69, 9.17) is 6.92 Å². The molecule has 0 nitrogen and oxygen atoms in total. The second-order valence-corrected chi connectivity index (χ2v) is 5.20. The van der Waals surface area contributed by atoms with Crippen molar-refractivity contribution >= 4 is 0 Å². The smallest absolute Gasteiger partial charge is 0.0318 e. The molecular weight excluding hydrogens is 132 g/mol. The molecule has 1 aliphatic carbocycles. The highest BCUT2D eigenvalue weighted by Crippen LogP contribution is 2.37. The van der Waals surface area contributed by atoms with Gasteiger partial charge in [0.2, 0.25) is 0 Å². The van der Waals surface area contributed by atoms with Gasteiger partial charge in [-0.3, -0.25) is 0 Å². The van der Waals surface area contributed by atoms with Crippen LogP contribution in [0.4, 0.5) is 0 Å². The molecule has 0 aromatic rings. The molecule has 11 heavy (non-hydrogen) atoms. The lowest BCUT2D eigenvalue weighted by Gasteiger charge is -2.22. The monoisotopic (exact) mass is 152 g/mol. The summed E-state index contributed by atoms with van der Waals surface area (Å²) in [5.41, 5.74) is 0.495. The van der Waals surface area contributed by atoms with Gasteiger partial charge in [0.05, 0.1) is 0 Å². The highest BCUT2D eigenvalue weighted by molar-refractivity contribution is 4.80. The van der Waals surface area contributed by atoms with Gasteiger partial charge in [0.25, 0.3) is 0 Å². The van der Waals surface area contributed by atoms with Crippen molar-refractivity contribution in [2.75, 3.05) is 0 Å². The Morgan fingerprint density at radius 2 is 1.91 bits per heavy atom. The van der Waals surface area contributed by atoms with Crippen LogP contribution in [0, 0.1) is 24.2 Å². The van der Waals surface area contributed by atoms with E-state index < -0.39 is 0 Å². The topological polar surface area (TPSA) is 0 Å². The van der Waals surface area contributed by atoms with Crippen molar-refractivity contribution in [3.8, 4) is 0 Å². The van der Waals surface area contributed by atoms with E-state index in [9.17, 15) is 0 Å². The van der Waals surface area contributed by atoms with Crippen molar-refractivity contribution in [1.82, 2.24) is 0 Å². The molecule has 2 unspecified atom stereocenters. The van der Waals surface area contributed by atoms with Gasteiger partial charge in [0.15, 0.2) is 0 Å². The van der Waals surface area contributed by atoms with E-state index in [2.05, 4.69) is 20.8 Å². The first-order valence-electron chi connectivity index (χ1n) is 4.73. The van der Waals surface area contributed by atoms with Gasteiger partial charge in [0, 0.05) is 0 Å². The van der Waals surface area contributed by atoms with E-state index >= 15 is 0 Å². The predicted octanol–water partition coefficient (Wildman–Crippen LogP) is 3.55. The zero-order chi connectivity index (χ0) is 8.48. The fourth-order valence-electron chi connectivity index (χ4n) is 2.17. The summed E-state index contributed by atoms with van der Waals surface area (Å²) in [5, 5.41) is 0. The average molecular weight is 152 g/mol. The quantitative estimate of drug-likeness (QED) is 0.539. The number of rotatable bonds is 1. The van der Waals surface area contributed by atoms with Crippen LogP contribution < -0.4 is 0 Å². The van der Waals surface area contributed by atoms with E-state index in [1.54, 1.807) is 0 Å². The highest BCUT2D eigenvalue weighted by Gasteiger charge is 2.25. The van der Waals surface area contributed by atoms with Crippen molar-refractivity contribution in [3.63, 3.8) is 0 Å². The van der Waals surface area contributed by atoms with Crippen LogP contribution in [0.2, 0.25) is 0 Å². The van der Waals surface area contributed by atoms with Gasteiger partial charge in [-0.1, -0.05) is 27.2 Å². The first-order chi connectivity index (χ1) is 4.97. The molecular formula is C11H20. The Balaban J connectivity index is 2.29. The third-order valence-electron chi connectivity index (χ3n) is 2.48. The molecule has 1 rings (SSSR count). The van der Waals surface area contributed by atoms with Gasteiger partial charge in [0.1, 0.15) is 0 Å². The van der Waals surface area contributed by atoms with Gasteiger partial charge in [-0.05, 0) is 43.4 Å². The summed E-state index contributed by atoms with van der Waals surface area (Å²) >= 11 is 0. The maximum atomic E-state index is 5.84. The molecule has 0 aromatic heterocycles. The van der Waals surface area contributed by atoms with Crippen LogP contribution in [-0.2, 0) is 0 Å². The van der Waals surface area contributed by atoms with Crippen molar-refractivity contribution in [3.05, 3.63) is 6.92 Å². The van der Waals surface area contributed by atoms with E-state index in [1.165, 1.54) is 25.7 Å². The Kier molecular flexibility index (Phi) is 2.61. The van der Waals surface area contributed by atoms with Crippen LogP contribution in [-0.4, -0.2) is 0 Å². The fraction of sp³-hybridized carbons (Fsp3) is 0.909. The molecule has 0 N–H and O–H groups in total. The summed E-state index contributed by atoms with van der Waals surface area (Å²) in [4.78, 5) is 0. The third-order valence-corrected chi connectivity index (χ3v) is 2.48. The molecule has 0 amide bonds. The Bertz CT molecular complexity index is 118. The van der Waals surface area contributed by atoms with E-state index in [0.717, 1.165) is 5.92 Å². The molecule has 2 radical (unpaired) electrons. The van der Waals surface area contributed by atoms with Crippen LogP contribution in [0.3, 0.4) is 0 Å². The van der Waals surface area contributed by atoms with Gasteiger partial charge < -0.3 is 0 Å². The lowest BCUT2D eigenvalue weighted by molar-refractivity contribution is 0.294. The van der Waals surface area contributed by atoms with Gasteiger partial charge >= 0.3 is 0 Å². The molecule has 1 aliphatic rings. The molecule has 0 spiro atoms. The standard InChI is InChI=1S/C11H20/c1-9-5-6-10(7-9)8-11(2,3)4/h1,9-10H,5-8H2,2-4H3. The van der Waals surface area contributed by atoms with Crippen molar-refractivity contribution in [2.45, 2.75) is 46.5 Å². The van der Waals surface area contributed by atoms with Gasteiger partial charge in [-0.15, -0.1) is 0 Å². The van der Waals surface area contributed by atoms with E-state index in [1.807, 2.05) is 0 Å². The van der Waals surface area contributed by atoms with Crippen molar-refractivity contribution < 1.29 is 0 Å². The lowest BCUT2D eigenvalue weighted by atomic mass is 9.84. The second-order valence-electron chi connectivity index (χ2n) is 5.20. The summed E-state index contributed by atoms with van der Waals surface area (Å²) in [6.45, 7) is 12.8. The summed E-state index contributed by atoms with van der Waals surface area (Å²) < 4.78 is 0. The largest absolute Gasteiger partial charge is 0.0602 e. The zero-order valence-corrected chi connectivity index (χ0v) is 8.06. The lowest BCUT2D eigenvalue weighted by Crippen LogP contribution is -2.10. The number of hydrogen-bond donors (Lipinski definition) is 0. The van der Waals surface area contributed by atoms with Crippen LogP contribution in [0.5, 0.6) is 0 Å². The summed E-state index contributed by atoms with van der Waals surface area (Å²) in [6.07, 6.45) is 5.22. The van der Waals surface area contributed by atoms with Crippen LogP contribution in [0.15, 0.2) is 0 Å². The molecule has 0 heterocycles. The Labute approximate surface area is 71.4 Å². The molecule has 1 fully saturated rings. The molecule has 0 aromatic carbocycles. The summed E-state index contributed by atoms with van der Waals surface area (Å²) in [6, 6.07) is 0. The van der Waals surface area contributed by atoms with Crippen LogP contribution in [0.25, 0.3) is 0 Å². The van der Waals surface area contributed by atoms with E-state index in [-0.39, 0.29) is 0 Å². The highest BCUT2D eigenvalue weighted by atomic mass is 14.3. The fourth-order valence-corrected chi connectivity index (χ4v) is 2.17. The minimum Gasteiger partial charge on any atom is -0.0602 e. The molecule has 0 aliphatic heterocycles. The zero-order valence-electron chi connectivity index (χ0n) is 8.06. The first-order valence-corrected chi connectivity index (χ1v) is 4.73. The second kappa shape index (κ2) is 3.16. The predicted molar refractivity (Wildman–Crippen MR) is 49.2 cm³/mol. The third kappa shape index (κ3) is 3.27. The van der Waals surface area contributed by atoms with Crippen LogP contribution >= 0.6 is 0 Å². The summed E-state index contributed by atoms with van der Waals surface area (Å²) in [7, 11) is 0. The maximum absolute atomic E-state index is 5.84. The van der Waals surface area contributed by atoms with Gasteiger partial charge in [-0.25, -0.2) is 0 Å². The normalized spacial score (nSPS) is 32.7. The summed E-state index contributed by atoms with van der Waals surface area (Å²) in [5.74, 6) is 1.41. The molecule has 0 bridgehead atoms. The Morgan fingerprint density at radius 3 is 2.27 bits per heavy atom. The van der Waals surface area contributed by atoms with E-state index in [0.29, 0.717) is 11.3 Å². The minimum absolute atomic E-state index is 0.495. The average Bonchev–Trinajstić information content (AvgIpc) is 2.10. The minimum atomic E-state index is 0.495. The molecule has 64 valence electrons. The van der Waals surface area contributed by atoms with Crippen LogP contribution in [0.1, 0.15) is 46.5 Å². The van der Waals surface area contributed by atoms with Crippen molar-refractivity contribution in [1.29, 1.82) is 0 Å². The maximum Gasteiger partial charge on any atom is -0.0318 e. The SMILES string of the molecule is [CH]C1CCC(CC(C)(C)C)C1.